The van der Waals surface area contributed by atoms with Crippen molar-refractivity contribution in [2.45, 2.75) is 12.5 Å². The van der Waals surface area contributed by atoms with Crippen LogP contribution in [0.15, 0.2) is 59.1 Å². The first-order valence-corrected chi connectivity index (χ1v) is 12.5. The van der Waals surface area contributed by atoms with Gasteiger partial charge in [0, 0.05) is 21.1 Å². The molecule has 31 heavy (non-hydrogen) atoms. The minimum atomic E-state index is -3.12. The lowest BCUT2D eigenvalue weighted by atomic mass is 10.1. The van der Waals surface area contributed by atoms with Crippen molar-refractivity contribution in [3.05, 3.63) is 64.1 Å². The van der Waals surface area contributed by atoms with Gasteiger partial charge in [0.15, 0.2) is 16.4 Å². The van der Waals surface area contributed by atoms with Crippen molar-refractivity contribution in [3.8, 4) is 17.0 Å². The Morgan fingerprint density at radius 1 is 1.19 bits per heavy atom. The summed E-state index contributed by atoms with van der Waals surface area (Å²) in [4.78, 5) is 12.5. The zero-order valence-corrected chi connectivity index (χ0v) is 19.5. The molecule has 1 N–H and O–H groups in total. The molecule has 1 atom stereocenters. The largest absolute Gasteiger partial charge is 0.484 e. The third kappa shape index (κ3) is 5.47. The summed E-state index contributed by atoms with van der Waals surface area (Å²) in [6, 6.07) is 15.7. The van der Waals surface area contributed by atoms with Gasteiger partial charge in [-0.25, -0.2) is 13.1 Å². The van der Waals surface area contributed by atoms with E-state index in [1.54, 1.807) is 35.0 Å². The summed E-state index contributed by atoms with van der Waals surface area (Å²) >= 11 is 9.32. The Kier molecular flexibility index (Phi) is 6.36. The molecule has 0 spiro atoms. The van der Waals surface area contributed by atoms with Crippen molar-refractivity contribution in [1.29, 1.82) is 0 Å². The monoisotopic (exact) mass is 523 g/mol. The van der Waals surface area contributed by atoms with E-state index in [4.69, 9.17) is 16.3 Å². The Morgan fingerprint density at radius 3 is 2.55 bits per heavy atom. The summed E-state index contributed by atoms with van der Waals surface area (Å²) in [7, 11) is -3.12. The average Bonchev–Trinajstić information content (AvgIpc) is 3.31. The van der Waals surface area contributed by atoms with Crippen molar-refractivity contribution >= 4 is 49.1 Å². The molecule has 3 aromatic rings. The standard InChI is InChI=1S/C21H19BrClN3O4S/c22-15-3-7-18(8-4-15)30-12-21(27)24-20-11-19(14-1-5-16(23)6-2-14)25-26(20)17-9-10-31(28,29)13-17/h1-8,11,17H,9-10,12-13H2,(H,24,27)/t17-/m0/s1. The molecule has 0 unspecified atom stereocenters. The molecule has 7 nitrogen and oxygen atoms in total. The number of hydrogen-bond donors (Lipinski definition) is 1. The van der Waals surface area contributed by atoms with Gasteiger partial charge in [-0.1, -0.05) is 39.7 Å². The van der Waals surface area contributed by atoms with E-state index in [9.17, 15) is 13.2 Å². The third-order valence-electron chi connectivity index (χ3n) is 4.88. The van der Waals surface area contributed by atoms with Gasteiger partial charge in [-0.15, -0.1) is 0 Å². The van der Waals surface area contributed by atoms with E-state index in [-0.39, 0.29) is 30.1 Å². The first-order chi connectivity index (χ1) is 14.8. The van der Waals surface area contributed by atoms with Gasteiger partial charge in [-0.05, 0) is 42.8 Å². The van der Waals surface area contributed by atoms with Gasteiger partial charge in [0.25, 0.3) is 5.91 Å². The lowest BCUT2D eigenvalue weighted by Gasteiger charge is -2.14. The molecule has 1 saturated heterocycles. The molecule has 0 aliphatic carbocycles. The second-order valence-electron chi connectivity index (χ2n) is 7.21. The highest BCUT2D eigenvalue weighted by atomic mass is 79.9. The molecule has 4 rings (SSSR count). The smallest absolute Gasteiger partial charge is 0.263 e. The van der Waals surface area contributed by atoms with E-state index in [2.05, 4.69) is 26.3 Å². The summed E-state index contributed by atoms with van der Waals surface area (Å²) < 4.78 is 32.0. The molecule has 0 saturated carbocycles. The predicted octanol–water partition coefficient (Wildman–Crippen LogP) is 4.34. The van der Waals surface area contributed by atoms with Crippen LogP contribution in [0.2, 0.25) is 5.02 Å². The quantitative estimate of drug-likeness (QED) is 0.518. The molecular formula is C21H19BrClN3O4S. The molecule has 1 fully saturated rings. The highest BCUT2D eigenvalue weighted by molar-refractivity contribution is 9.10. The molecule has 0 radical (unpaired) electrons. The van der Waals surface area contributed by atoms with Crippen LogP contribution in [0.1, 0.15) is 12.5 Å². The number of rotatable bonds is 6. The Balaban J connectivity index is 1.55. The zero-order valence-electron chi connectivity index (χ0n) is 16.3. The van der Waals surface area contributed by atoms with E-state index >= 15 is 0 Å². The number of amides is 1. The third-order valence-corrected chi connectivity index (χ3v) is 7.41. The molecule has 1 amide bonds. The van der Waals surface area contributed by atoms with Crippen LogP contribution in [-0.2, 0) is 14.6 Å². The molecule has 2 aromatic carbocycles. The van der Waals surface area contributed by atoms with Gasteiger partial charge in [-0.3, -0.25) is 4.79 Å². The highest BCUT2D eigenvalue weighted by Crippen LogP contribution is 2.30. The van der Waals surface area contributed by atoms with Gasteiger partial charge in [0.05, 0.1) is 23.2 Å². The lowest BCUT2D eigenvalue weighted by Crippen LogP contribution is -2.23. The summed E-state index contributed by atoms with van der Waals surface area (Å²) in [6.07, 6.45) is 0.447. The number of halogens is 2. The Morgan fingerprint density at radius 2 is 1.90 bits per heavy atom. The number of benzene rings is 2. The molecule has 162 valence electrons. The number of carbonyl (C=O) groups excluding carboxylic acids is 1. The van der Waals surface area contributed by atoms with E-state index in [1.807, 2.05) is 24.3 Å². The van der Waals surface area contributed by atoms with Gasteiger partial charge in [-0.2, -0.15) is 5.10 Å². The summed E-state index contributed by atoms with van der Waals surface area (Å²) in [5.41, 5.74) is 1.43. The fourth-order valence-electron chi connectivity index (χ4n) is 3.35. The Labute approximate surface area is 193 Å². The Hall–Kier alpha value is -2.36. The van der Waals surface area contributed by atoms with Crippen LogP contribution in [-0.4, -0.2) is 42.2 Å². The number of carbonyl (C=O) groups is 1. The number of nitrogens with one attached hydrogen (secondary N) is 1. The first-order valence-electron chi connectivity index (χ1n) is 9.53. The van der Waals surface area contributed by atoms with Crippen molar-refractivity contribution in [1.82, 2.24) is 9.78 Å². The maximum atomic E-state index is 12.5. The van der Waals surface area contributed by atoms with Gasteiger partial charge >= 0.3 is 0 Å². The minimum absolute atomic E-state index is 0.00694. The number of nitrogens with zero attached hydrogens (tertiary/aromatic N) is 2. The topological polar surface area (TPSA) is 90.3 Å². The van der Waals surface area contributed by atoms with Crippen LogP contribution in [0.4, 0.5) is 5.82 Å². The lowest BCUT2D eigenvalue weighted by molar-refractivity contribution is -0.118. The molecule has 1 aromatic heterocycles. The van der Waals surface area contributed by atoms with Crippen molar-refractivity contribution in [2.24, 2.45) is 0 Å². The molecule has 10 heteroatoms. The van der Waals surface area contributed by atoms with Crippen LogP contribution in [0.25, 0.3) is 11.3 Å². The number of aromatic nitrogens is 2. The van der Waals surface area contributed by atoms with Crippen molar-refractivity contribution < 1.29 is 17.9 Å². The number of anilines is 1. The summed E-state index contributed by atoms with van der Waals surface area (Å²) in [5, 5.41) is 7.99. The fraction of sp³-hybridized carbons (Fsp3) is 0.238. The number of sulfone groups is 1. The maximum absolute atomic E-state index is 12.5. The van der Waals surface area contributed by atoms with Crippen LogP contribution in [0.5, 0.6) is 5.75 Å². The number of hydrogen-bond acceptors (Lipinski definition) is 5. The van der Waals surface area contributed by atoms with E-state index < -0.39 is 9.84 Å². The van der Waals surface area contributed by atoms with Crippen LogP contribution >= 0.6 is 27.5 Å². The highest BCUT2D eigenvalue weighted by Gasteiger charge is 2.31. The van der Waals surface area contributed by atoms with Crippen LogP contribution in [0.3, 0.4) is 0 Å². The summed E-state index contributed by atoms with van der Waals surface area (Å²) in [5.74, 6) is 0.723. The minimum Gasteiger partial charge on any atom is -0.484 e. The van der Waals surface area contributed by atoms with Crippen molar-refractivity contribution in [3.63, 3.8) is 0 Å². The molecular weight excluding hydrogens is 506 g/mol. The van der Waals surface area contributed by atoms with Gasteiger partial charge in [0.2, 0.25) is 0 Å². The van der Waals surface area contributed by atoms with Crippen LogP contribution < -0.4 is 10.1 Å². The second-order valence-corrected chi connectivity index (χ2v) is 10.8. The Bertz CT molecular complexity index is 1190. The van der Waals surface area contributed by atoms with Crippen LogP contribution in [0, 0.1) is 0 Å². The fourth-order valence-corrected chi connectivity index (χ4v) is 5.44. The van der Waals surface area contributed by atoms with Gasteiger partial charge in [0.1, 0.15) is 11.6 Å². The number of ether oxygens (including phenoxy) is 1. The van der Waals surface area contributed by atoms with E-state index in [1.165, 1.54) is 0 Å². The van der Waals surface area contributed by atoms with E-state index in [0.717, 1.165) is 10.0 Å². The van der Waals surface area contributed by atoms with Crippen molar-refractivity contribution in [2.75, 3.05) is 23.4 Å². The SMILES string of the molecule is O=C(COc1ccc(Br)cc1)Nc1cc(-c2ccc(Cl)cc2)nn1[C@H]1CCS(=O)(=O)C1. The molecule has 1 aliphatic rings. The first kappa shape index (κ1) is 21.9. The normalized spacial score (nSPS) is 17.4. The zero-order chi connectivity index (χ0) is 22.0. The molecule has 1 aliphatic heterocycles. The van der Waals surface area contributed by atoms with E-state index in [0.29, 0.717) is 28.7 Å². The molecule has 2 heterocycles. The maximum Gasteiger partial charge on any atom is 0.263 e. The second kappa shape index (κ2) is 9.02. The predicted molar refractivity (Wildman–Crippen MR) is 123 cm³/mol. The average molecular weight is 525 g/mol. The van der Waals surface area contributed by atoms with Gasteiger partial charge < -0.3 is 10.1 Å². The summed E-state index contributed by atoms with van der Waals surface area (Å²) in [6.45, 7) is -0.188. The molecule has 0 bridgehead atoms.